The summed E-state index contributed by atoms with van der Waals surface area (Å²) in [6.45, 7) is 10.4. The summed E-state index contributed by atoms with van der Waals surface area (Å²) in [4.78, 5) is 26.9. The molecule has 5 nitrogen and oxygen atoms in total. The fourth-order valence-corrected chi connectivity index (χ4v) is 3.06. The average molecular weight is 383 g/mol. The molecule has 5 heteroatoms. The predicted octanol–water partition coefficient (Wildman–Crippen LogP) is 3.54. The second-order valence-electron chi connectivity index (χ2n) is 7.07. The SMILES string of the molecule is CCNC(=O)C(C)N(Cc1ccccc1)C(=O)COc1cc(C)cc(C)c1C. The van der Waals surface area contributed by atoms with E-state index in [4.69, 9.17) is 4.74 Å². The highest BCUT2D eigenvalue weighted by atomic mass is 16.5. The van der Waals surface area contributed by atoms with Crippen LogP contribution in [0.5, 0.6) is 5.75 Å². The molecule has 0 aliphatic carbocycles. The van der Waals surface area contributed by atoms with Crippen LogP contribution in [-0.2, 0) is 16.1 Å². The molecule has 2 aromatic rings. The Morgan fingerprint density at radius 1 is 1.11 bits per heavy atom. The summed E-state index contributed by atoms with van der Waals surface area (Å²) in [5, 5.41) is 2.79. The zero-order valence-corrected chi connectivity index (χ0v) is 17.4. The van der Waals surface area contributed by atoms with Gasteiger partial charge in [-0.1, -0.05) is 36.4 Å². The van der Waals surface area contributed by atoms with Crippen molar-refractivity contribution in [1.29, 1.82) is 0 Å². The van der Waals surface area contributed by atoms with Crippen molar-refractivity contribution >= 4 is 11.8 Å². The summed E-state index contributed by atoms with van der Waals surface area (Å²) in [6.07, 6.45) is 0. The molecule has 0 bridgehead atoms. The largest absolute Gasteiger partial charge is 0.483 e. The fraction of sp³-hybridized carbons (Fsp3) is 0.391. The highest BCUT2D eigenvalue weighted by Crippen LogP contribution is 2.23. The molecule has 0 aromatic heterocycles. The first kappa shape index (κ1) is 21.5. The highest BCUT2D eigenvalue weighted by molar-refractivity contribution is 5.87. The van der Waals surface area contributed by atoms with Crippen LogP contribution in [0.2, 0.25) is 0 Å². The molecule has 0 radical (unpaired) electrons. The third-order valence-corrected chi connectivity index (χ3v) is 4.83. The third-order valence-electron chi connectivity index (χ3n) is 4.83. The van der Waals surface area contributed by atoms with Crippen molar-refractivity contribution in [2.45, 2.75) is 47.2 Å². The summed E-state index contributed by atoms with van der Waals surface area (Å²) in [7, 11) is 0. The number of nitrogens with zero attached hydrogens (tertiary/aromatic N) is 1. The summed E-state index contributed by atoms with van der Waals surface area (Å²) >= 11 is 0. The Labute approximate surface area is 167 Å². The van der Waals surface area contributed by atoms with Crippen molar-refractivity contribution in [3.05, 3.63) is 64.7 Å². The van der Waals surface area contributed by atoms with Crippen LogP contribution < -0.4 is 10.1 Å². The van der Waals surface area contributed by atoms with Gasteiger partial charge in [-0.3, -0.25) is 9.59 Å². The molecule has 0 saturated carbocycles. The van der Waals surface area contributed by atoms with Crippen LogP contribution in [0.25, 0.3) is 0 Å². The molecule has 2 aromatic carbocycles. The number of aryl methyl sites for hydroxylation is 2. The maximum absolute atomic E-state index is 13.0. The van der Waals surface area contributed by atoms with Gasteiger partial charge >= 0.3 is 0 Å². The number of benzene rings is 2. The van der Waals surface area contributed by atoms with Gasteiger partial charge in [0.15, 0.2) is 6.61 Å². The monoisotopic (exact) mass is 382 g/mol. The van der Waals surface area contributed by atoms with E-state index in [1.165, 1.54) is 0 Å². The van der Waals surface area contributed by atoms with E-state index in [-0.39, 0.29) is 18.4 Å². The minimum absolute atomic E-state index is 0.111. The van der Waals surface area contributed by atoms with E-state index in [1.54, 1.807) is 11.8 Å². The van der Waals surface area contributed by atoms with Crippen molar-refractivity contribution in [3.63, 3.8) is 0 Å². The Bertz CT molecular complexity index is 818. The lowest BCUT2D eigenvalue weighted by Gasteiger charge is -2.28. The average Bonchev–Trinajstić information content (AvgIpc) is 2.68. The molecule has 1 N–H and O–H groups in total. The number of carbonyl (C=O) groups excluding carboxylic acids is 2. The highest BCUT2D eigenvalue weighted by Gasteiger charge is 2.26. The van der Waals surface area contributed by atoms with Crippen LogP contribution in [0.15, 0.2) is 42.5 Å². The van der Waals surface area contributed by atoms with E-state index in [0.717, 1.165) is 22.3 Å². The number of hydrogen-bond donors (Lipinski definition) is 1. The maximum Gasteiger partial charge on any atom is 0.261 e. The number of carbonyl (C=O) groups is 2. The van der Waals surface area contributed by atoms with Crippen molar-refractivity contribution in [3.8, 4) is 5.75 Å². The van der Waals surface area contributed by atoms with Crippen LogP contribution in [0.3, 0.4) is 0 Å². The maximum atomic E-state index is 13.0. The molecule has 0 aliphatic heterocycles. The lowest BCUT2D eigenvalue weighted by molar-refractivity contribution is -0.142. The fourth-order valence-electron chi connectivity index (χ4n) is 3.06. The number of rotatable bonds is 8. The van der Waals surface area contributed by atoms with Gasteiger partial charge in [-0.15, -0.1) is 0 Å². The summed E-state index contributed by atoms with van der Waals surface area (Å²) in [5.74, 6) is 0.312. The summed E-state index contributed by atoms with van der Waals surface area (Å²) < 4.78 is 5.85. The van der Waals surface area contributed by atoms with Crippen LogP contribution in [0.1, 0.15) is 36.1 Å². The van der Waals surface area contributed by atoms with E-state index >= 15 is 0 Å². The molecular weight excluding hydrogens is 352 g/mol. The molecule has 28 heavy (non-hydrogen) atoms. The molecule has 0 saturated heterocycles. The minimum atomic E-state index is -0.586. The molecule has 0 spiro atoms. The first-order valence-corrected chi connectivity index (χ1v) is 9.65. The Morgan fingerprint density at radius 2 is 1.79 bits per heavy atom. The zero-order valence-electron chi connectivity index (χ0n) is 17.4. The van der Waals surface area contributed by atoms with Crippen molar-refractivity contribution in [2.24, 2.45) is 0 Å². The lowest BCUT2D eigenvalue weighted by Crippen LogP contribution is -2.49. The number of nitrogens with one attached hydrogen (secondary N) is 1. The number of amides is 2. The molecule has 1 unspecified atom stereocenters. The van der Waals surface area contributed by atoms with Gasteiger partial charge in [-0.25, -0.2) is 0 Å². The van der Waals surface area contributed by atoms with Gasteiger partial charge in [-0.05, 0) is 62.9 Å². The second kappa shape index (κ2) is 9.93. The summed E-state index contributed by atoms with van der Waals surface area (Å²) in [6, 6.07) is 13.1. The van der Waals surface area contributed by atoms with Crippen LogP contribution >= 0.6 is 0 Å². The lowest BCUT2D eigenvalue weighted by atomic mass is 10.1. The van der Waals surface area contributed by atoms with E-state index in [0.29, 0.717) is 18.8 Å². The molecule has 150 valence electrons. The van der Waals surface area contributed by atoms with E-state index in [2.05, 4.69) is 11.4 Å². The van der Waals surface area contributed by atoms with Gasteiger partial charge in [-0.2, -0.15) is 0 Å². The standard InChI is InChI=1S/C23H30N2O3/c1-6-24-23(27)19(5)25(14-20-10-8-7-9-11-20)22(26)15-28-21-13-16(2)12-17(3)18(21)4/h7-13,19H,6,14-15H2,1-5H3,(H,24,27). The molecule has 2 amide bonds. The topological polar surface area (TPSA) is 58.6 Å². The summed E-state index contributed by atoms with van der Waals surface area (Å²) in [5.41, 5.74) is 4.20. The van der Waals surface area contributed by atoms with Gasteiger partial charge < -0.3 is 15.0 Å². The molecule has 0 aliphatic rings. The molecule has 0 fully saturated rings. The van der Waals surface area contributed by atoms with Crippen LogP contribution in [-0.4, -0.2) is 35.9 Å². The number of ether oxygens (including phenoxy) is 1. The van der Waals surface area contributed by atoms with E-state index in [9.17, 15) is 9.59 Å². The first-order chi connectivity index (χ1) is 13.3. The second-order valence-corrected chi connectivity index (χ2v) is 7.07. The quantitative estimate of drug-likeness (QED) is 0.760. The van der Waals surface area contributed by atoms with Gasteiger partial charge in [0.1, 0.15) is 11.8 Å². The van der Waals surface area contributed by atoms with Gasteiger partial charge in [0.25, 0.3) is 5.91 Å². The minimum Gasteiger partial charge on any atom is -0.483 e. The van der Waals surface area contributed by atoms with Gasteiger partial charge in [0.05, 0.1) is 0 Å². The van der Waals surface area contributed by atoms with Crippen LogP contribution in [0.4, 0.5) is 0 Å². The first-order valence-electron chi connectivity index (χ1n) is 9.65. The Hall–Kier alpha value is -2.82. The molecule has 2 rings (SSSR count). The van der Waals surface area contributed by atoms with Gasteiger partial charge in [0, 0.05) is 13.1 Å². The molecule has 1 atom stereocenters. The van der Waals surface area contributed by atoms with Crippen molar-refractivity contribution in [1.82, 2.24) is 10.2 Å². The van der Waals surface area contributed by atoms with Crippen molar-refractivity contribution in [2.75, 3.05) is 13.2 Å². The van der Waals surface area contributed by atoms with E-state index in [1.807, 2.05) is 64.1 Å². The number of likely N-dealkylation sites (N-methyl/N-ethyl adjacent to an activating group) is 1. The third kappa shape index (κ3) is 5.59. The van der Waals surface area contributed by atoms with E-state index < -0.39 is 6.04 Å². The Morgan fingerprint density at radius 3 is 2.43 bits per heavy atom. The Balaban J connectivity index is 2.17. The van der Waals surface area contributed by atoms with Gasteiger partial charge in [0.2, 0.25) is 5.91 Å². The Kier molecular flexibility index (Phi) is 7.61. The smallest absolute Gasteiger partial charge is 0.261 e. The van der Waals surface area contributed by atoms with Crippen molar-refractivity contribution < 1.29 is 14.3 Å². The normalized spacial score (nSPS) is 11.6. The number of hydrogen-bond acceptors (Lipinski definition) is 3. The van der Waals surface area contributed by atoms with Crippen LogP contribution in [0, 0.1) is 20.8 Å². The predicted molar refractivity (Wildman–Crippen MR) is 111 cm³/mol. The zero-order chi connectivity index (χ0) is 20.7. The molecular formula is C23H30N2O3. The molecule has 0 heterocycles.